The van der Waals surface area contributed by atoms with Crippen LogP contribution in [-0.4, -0.2) is 16.5 Å². The summed E-state index contributed by atoms with van der Waals surface area (Å²) in [6.45, 7) is 0.671. The molecule has 3 aromatic rings. The van der Waals surface area contributed by atoms with Gasteiger partial charge in [0.15, 0.2) is 0 Å². The molecule has 3 rings (SSSR count). The summed E-state index contributed by atoms with van der Waals surface area (Å²) in [6, 6.07) is 6.87. The monoisotopic (exact) mass is 361 g/mol. The molecule has 2 aromatic heterocycles. The number of hydrogen-bond donors (Lipinski definition) is 2. The lowest BCUT2D eigenvalue weighted by Gasteiger charge is -2.05. The molecule has 3 nitrogen and oxygen atoms in total. The molecule has 0 spiro atoms. The van der Waals surface area contributed by atoms with Gasteiger partial charge in [0, 0.05) is 33.3 Å². The summed E-state index contributed by atoms with van der Waals surface area (Å²) in [5.74, 6) is -0.217. The molecule has 3 N–H and O–H groups in total. The van der Waals surface area contributed by atoms with E-state index in [1.807, 2.05) is 12.3 Å². The van der Waals surface area contributed by atoms with Crippen molar-refractivity contribution in [3.05, 3.63) is 52.5 Å². The van der Waals surface area contributed by atoms with E-state index in [1.54, 1.807) is 18.3 Å². The summed E-state index contributed by atoms with van der Waals surface area (Å²) < 4.78 is 14.5. The molecule has 0 aliphatic heterocycles. The van der Waals surface area contributed by atoms with Crippen LogP contribution in [0.3, 0.4) is 0 Å². The van der Waals surface area contributed by atoms with E-state index in [4.69, 9.17) is 5.73 Å². The molecule has 0 aliphatic rings. The fraction of sp³-hybridized carbons (Fsp3) is 0.235. The average Bonchev–Trinajstić information content (AvgIpc) is 2.86. The number of benzene rings is 1. The summed E-state index contributed by atoms with van der Waals surface area (Å²) in [4.78, 5) is 7.63. The SMILES string of the molecule is NCCCCc1c(-c2cncc(Br)c2)[nH]c2ccc(F)cc12. The van der Waals surface area contributed by atoms with Gasteiger partial charge in [-0.2, -0.15) is 0 Å². The van der Waals surface area contributed by atoms with Gasteiger partial charge in [-0.15, -0.1) is 0 Å². The number of aromatic amines is 1. The second-order valence-corrected chi connectivity index (χ2v) is 6.22. The molecule has 114 valence electrons. The molecule has 2 heterocycles. The minimum Gasteiger partial charge on any atom is -0.354 e. The van der Waals surface area contributed by atoms with Crippen LogP contribution in [0.25, 0.3) is 22.2 Å². The normalized spacial score (nSPS) is 11.2. The van der Waals surface area contributed by atoms with Crippen molar-refractivity contribution in [1.29, 1.82) is 0 Å². The Labute approximate surface area is 136 Å². The fourth-order valence-corrected chi connectivity index (χ4v) is 3.09. The number of halogens is 2. The minimum absolute atomic E-state index is 0.217. The molecule has 0 saturated heterocycles. The molecular formula is C17H17BrFN3. The Hall–Kier alpha value is -1.72. The first-order valence-electron chi connectivity index (χ1n) is 7.30. The van der Waals surface area contributed by atoms with Gasteiger partial charge in [0.2, 0.25) is 0 Å². The standard InChI is InChI=1S/C17H17BrFN3/c18-12-7-11(9-21-10-12)17-14(3-1-2-6-20)15-8-13(19)4-5-16(15)22-17/h4-5,7-10,22H,1-3,6,20H2. The Balaban J connectivity index is 2.13. The number of rotatable bonds is 5. The van der Waals surface area contributed by atoms with Crippen molar-refractivity contribution in [2.24, 2.45) is 5.73 Å². The molecule has 0 fully saturated rings. The lowest BCUT2D eigenvalue weighted by Crippen LogP contribution is -1.99. The number of nitrogens with zero attached hydrogens (tertiary/aromatic N) is 1. The van der Waals surface area contributed by atoms with Gasteiger partial charge in [0.1, 0.15) is 5.82 Å². The second kappa shape index (κ2) is 6.58. The Morgan fingerprint density at radius 2 is 2.05 bits per heavy atom. The summed E-state index contributed by atoms with van der Waals surface area (Å²) in [6.07, 6.45) is 6.37. The maximum Gasteiger partial charge on any atom is 0.123 e. The predicted octanol–water partition coefficient (Wildman–Crippen LogP) is 4.41. The van der Waals surface area contributed by atoms with Crippen molar-refractivity contribution in [3.8, 4) is 11.3 Å². The van der Waals surface area contributed by atoms with Crippen molar-refractivity contribution >= 4 is 26.8 Å². The zero-order valence-corrected chi connectivity index (χ0v) is 13.7. The van der Waals surface area contributed by atoms with Crippen molar-refractivity contribution in [2.45, 2.75) is 19.3 Å². The van der Waals surface area contributed by atoms with Crippen LogP contribution in [0.1, 0.15) is 18.4 Å². The van der Waals surface area contributed by atoms with E-state index >= 15 is 0 Å². The molecule has 0 bridgehead atoms. The van der Waals surface area contributed by atoms with Gasteiger partial charge in [0.05, 0.1) is 5.69 Å². The maximum absolute atomic E-state index is 13.6. The third kappa shape index (κ3) is 3.05. The molecule has 5 heteroatoms. The van der Waals surface area contributed by atoms with Gasteiger partial charge in [-0.25, -0.2) is 4.39 Å². The number of fused-ring (bicyclic) bond motifs is 1. The molecule has 0 radical (unpaired) electrons. The zero-order chi connectivity index (χ0) is 15.5. The molecule has 22 heavy (non-hydrogen) atoms. The Kier molecular flexibility index (Phi) is 4.55. The zero-order valence-electron chi connectivity index (χ0n) is 12.1. The van der Waals surface area contributed by atoms with Crippen molar-refractivity contribution in [3.63, 3.8) is 0 Å². The highest BCUT2D eigenvalue weighted by molar-refractivity contribution is 9.10. The van der Waals surface area contributed by atoms with Crippen LogP contribution >= 0.6 is 15.9 Å². The highest BCUT2D eigenvalue weighted by atomic mass is 79.9. The molecule has 1 aromatic carbocycles. The van der Waals surface area contributed by atoms with E-state index in [9.17, 15) is 4.39 Å². The number of nitrogens with two attached hydrogens (primary N) is 1. The van der Waals surface area contributed by atoms with Gasteiger partial charge in [-0.1, -0.05) is 0 Å². The Morgan fingerprint density at radius 1 is 1.18 bits per heavy atom. The lowest BCUT2D eigenvalue weighted by molar-refractivity contribution is 0.629. The molecule has 0 saturated carbocycles. The molecule has 0 amide bonds. The molecule has 0 unspecified atom stereocenters. The molecular weight excluding hydrogens is 345 g/mol. The largest absolute Gasteiger partial charge is 0.354 e. The van der Waals surface area contributed by atoms with Gasteiger partial charge in [-0.3, -0.25) is 4.98 Å². The van der Waals surface area contributed by atoms with Crippen LogP contribution in [-0.2, 0) is 6.42 Å². The predicted molar refractivity (Wildman–Crippen MR) is 91.2 cm³/mol. The van der Waals surface area contributed by atoms with Crippen LogP contribution in [0.2, 0.25) is 0 Å². The quantitative estimate of drug-likeness (QED) is 0.661. The molecule has 0 atom stereocenters. The van der Waals surface area contributed by atoms with Crippen molar-refractivity contribution < 1.29 is 4.39 Å². The Morgan fingerprint density at radius 3 is 2.82 bits per heavy atom. The van der Waals surface area contributed by atoms with Crippen LogP contribution in [0.5, 0.6) is 0 Å². The van der Waals surface area contributed by atoms with E-state index in [-0.39, 0.29) is 5.82 Å². The first kappa shape index (κ1) is 15.2. The topological polar surface area (TPSA) is 54.7 Å². The van der Waals surface area contributed by atoms with Crippen LogP contribution in [0, 0.1) is 5.82 Å². The average molecular weight is 362 g/mol. The summed E-state index contributed by atoms with van der Waals surface area (Å²) in [7, 11) is 0. The number of hydrogen-bond acceptors (Lipinski definition) is 2. The summed E-state index contributed by atoms with van der Waals surface area (Å²) in [5, 5.41) is 0.937. The van der Waals surface area contributed by atoms with E-state index in [0.717, 1.165) is 51.5 Å². The number of aromatic nitrogens is 2. The number of aryl methyl sites for hydroxylation is 1. The van der Waals surface area contributed by atoms with E-state index in [0.29, 0.717) is 6.54 Å². The Bertz CT molecular complexity index is 798. The van der Waals surface area contributed by atoms with Gasteiger partial charge < -0.3 is 10.7 Å². The lowest BCUT2D eigenvalue weighted by atomic mass is 10.0. The van der Waals surface area contributed by atoms with Crippen LogP contribution in [0.4, 0.5) is 4.39 Å². The number of unbranched alkanes of at least 4 members (excludes halogenated alkanes) is 1. The summed E-state index contributed by atoms with van der Waals surface area (Å²) in [5.41, 5.74) is 9.66. The first-order valence-corrected chi connectivity index (χ1v) is 8.09. The number of nitrogens with one attached hydrogen (secondary N) is 1. The van der Waals surface area contributed by atoms with Gasteiger partial charge in [0.25, 0.3) is 0 Å². The molecule has 0 aliphatic carbocycles. The van der Waals surface area contributed by atoms with Gasteiger partial charge >= 0.3 is 0 Å². The third-order valence-corrected chi connectivity index (χ3v) is 4.18. The van der Waals surface area contributed by atoms with E-state index < -0.39 is 0 Å². The first-order chi connectivity index (χ1) is 10.7. The minimum atomic E-state index is -0.217. The van der Waals surface area contributed by atoms with Crippen LogP contribution < -0.4 is 5.73 Å². The maximum atomic E-state index is 13.6. The fourth-order valence-electron chi connectivity index (χ4n) is 2.72. The smallest absolute Gasteiger partial charge is 0.123 e. The third-order valence-electron chi connectivity index (χ3n) is 3.74. The van der Waals surface area contributed by atoms with Gasteiger partial charge in [-0.05, 0) is 71.6 Å². The van der Waals surface area contributed by atoms with Crippen LogP contribution in [0.15, 0.2) is 41.1 Å². The highest BCUT2D eigenvalue weighted by Gasteiger charge is 2.14. The highest BCUT2D eigenvalue weighted by Crippen LogP contribution is 2.32. The number of pyridine rings is 1. The second-order valence-electron chi connectivity index (χ2n) is 5.31. The van der Waals surface area contributed by atoms with E-state index in [1.165, 1.54) is 6.07 Å². The number of H-pyrrole nitrogens is 1. The summed E-state index contributed by atoms with van der Waals surface area (Å²) >= 11 is 3.45. The van der Waals surface area contributed by atoms with Crippen molar-refractivity contribution in [2.75, 3.05) is 6.54 Å². The van der Waals surface area contributed by atoms with Crippen molar-refractivity contribution in [1.82, 2.24) is 9.97 Å². The van der Waals surface area contributed by atoms with E-state index in [2.05, 4.69) is 25.9 Å².